The maximum absolute atomic E-state index is 12.6. The molecule has 0 aromatic carbocycles. The number of carbonyl (C=O) groups is 1. The quantitative estimate of drug-likeness (QED) is 0.881. The van der Waals surface area contributed by atoms with Gasteiger partial charge in [0.1, 0.15) is 5.76 Å². The minimum Gasteiger partial charge on any atom is -0.467 e. The van der Waals surface area contributed by atoms with Crippen molar-refractivity contribution in [1.29, 1.82) is 0 Å². The average Bonchev–Trinajstić information content (AvgIpc) is 3.05. The lowest BCUT2D eigenvalue weighted by Gasteiger charge is -2.28. The summed E-state index contributed by atoms with van der Waals surface area (Å²) in [6.07, 6.45) is 3.76. The molecule has 2 aromatic heterocycles. The molecule has 124 valence electrons. The van der Waals surface area contributed by atoms with Gasteiger partial charge >= 0.3 is 6.03 Å². The molecule has 7 heteroatoms. The summed E-state index contributed by atoms with van der Waals surface area (Å²) in [5.74, 6) is 0.815. The third kappa shape index (κ3) is 3.67. The molecule has 1 aliphatic rings. The molecule has 1 N–H and O–H groups in total. The van der Waals surface area contributed by atoms with Crippen molar-refractivity contribution in [2.45, 2.75) is 38.4 Å². The monoisotopic (exact) mass is 334 g/mol. The Balaban J connectivity index is 1.62. The number of aromatic nitrogens is 1. The van der Waals surface area contributed by atoms with Crippen molar-refractivity contribution in [1.82, 2.24) is 15.2 Å². The molecule has 1 fully saturated rings. The van der Waals surface area contributed by atoms with Gasteiger partial charge in [-0.25, -0.2) is 9.78 Å². The van der Waals surface area contributed by atoms with Gasteiger partial charge in [-0.05, 0) is 31.9 Å². The molecule has 1 saturated carbocycles. The Bertz CT molecular complexity index is 649. The number of amides is 2. The van der Waals surface area contributed by atoms with Crippen molar-refractivity contribution in [2.24, 2.45) is 0 Å². The van der Waals surface area contributed by atoms with Crippen molar-refractivity contribution >= 4 is 22.5 Å². The van der Waals surface area contributed by atoms with Crippen LogP contribution in [-0.2, 0) is 6.54 Å². The second-order valence-electron chi connectivity index (χ2n) is 6.00. The summed E-state index contributed by atoms with van der Waals surface area (Å²) in [5, 5.41) is 5.91. The number of anilines is 1. The molecule has 0 radical (unpaired) electrons. The summed E-state index contributed by atoms with van der Waals surface area (Å²) in [7, 11) is 3.92. The van der Waals surface area contributed by atoms with Crippen LogP contribution >= 0.6 is 11.3 Å². The Morgan fingerprint density at radius 1 is 1.52 bits per heavy atom. The molecule has 1 atom stereocenters. The Hall–Kier alpha value is -2.02. The van der Waals surface area contributed by atoms with Crippen molar-refractivity contribution < 1.29 is 9.21 Å². The van der Waals surface area contributed by atoms with E-state index in [0.29, 0.717) is 12.6 Å². The molecule has 23 heavy (non-hydrogen) atoms. The molecule has 0 spiro atoms. The molecule has 0 saturated heterocycles. The van der Waals surface area contributed by atoms with Crippen LogP contribution in [0.2, 0.25) is 0 Å². The molecule has 2 heterocycles. The summed E-state index contributed by atoms with van der Waals surface area (Å²) in [6, 6.07) is 3.95. The normalized spacial score (nSPS) is 15.3. The van der Waals surface area contributed by atoms with E-state index in [1.54, 1.807) is 17.6 Å². The first-order valence-corrected chi connectivity index (χ1v) is 8.65. The Morgan fingerprint density at radius 3 is 2.87 bits per heavy atom. The Morgan fingerprint density at radius 2 is 2.30 bits per heavy atom. The van der Waals surface area contributed by atoms with Gasteiger partial charge in [0.2, 0.25) is 0 Å². The largest absolute Gasteiger partial charge is 0.467 e. The lowest BCUT2D eigenvalue weighted by Crippen LogP contribution is -2.42. The van der Waals surface area contributed by atoms with E-state index in [9.17, 15) is 4.79 Å². The third-order valence-electron chi connectivity index (χ3n) is 3.89. The maximum atomic E-state index is 12.6. The molecule has 3 rings (SSSR count). The van der Waals surface area contributed by atoms with E-state index in [2.05, 4.69) is 10.3 Å². The van der Waals surface area contributed by atoms with Gasteiger partial charge in [0.05, 0.1) is 24.5 Å². The summed E-state index contributed by atoms with van der Waals surface area (Å²) >= 11 is 1.58. The fourth-order valence-corrected chi connectivity index (χ4v) is 3.28. The molecule has 6 nitrogen and oxygen atoms in total. The predicted octanol–water partition coefficient (Wildman–Crippen LogP) is 3.24. The zero-order valence-electron chi connectivity index (χ0n) is 13.7. The molecule has 0 aliphatic heterocycles. The fraction of sp³-hybridized carbons (Fsp3) is 0.500. The molecule has 1 unspecified atom stereocenters. The van der Waals surface area contributed by atoms with Crippen LogP contribution in [0.25, 0.3) is 0 Å². The lowest BCUT2D eigenvalue weighted by molar-refractivity contribution is 0.166. The third-order valence-corrected chi connectivity index (χ3v) is 4.95. The number of nitrogens with one attached hydrogen (secondary N) is 1. The molecule has 2 aromatic rings. The van der Waals surface area contributed by atoms with Crippen molar-refractivity contribution in [3.8, 4) is 0 Å². The van der Waals surface area contributed by atoms with E-state index in [4.69, 9.17) is 4.42 Å². The Kier molecular flexibility index (Phi) is 4.56. The highest BCUT2D eigenvalue weighted by molar-refractivity contribution is 7.13. The Labute approximate surface area is 140 Å². The molecule has 2 amide bonds. The molecule has 1 aliphatic carbocycles. The highest BCUT2D eigenvalue weighted by atomic mass is 32.1. The highest BCUT2D eigenvalue weighted by Crippen LogP contribution is 2.34. The summed E-state index contributed by atoms with van der Waals surface area (Å²) in [6.45, 7) is 2.45. The SMILES string of the molecule is CC(c1ccco1)N(C(=O)NCc1csc(N(C)C)n1)C1CC1. The first-order valence-electron chi connectivity index (χ1n) is 7.77. The predicted molar refractivity (Wildman–Crippen MR) is 90.7 cm³/mol. The number of carbonyl (C=O) groups excluding carboxylic acids is 1. The number of urea groups is 1. The number of hydrogen-bond acceptors (Lipinski definition) is 5. The zero-order valence-corrected chi connectivity index (χ0v) is 14.5. The number of rotatable bonds is 6. The summed E-state index contributed by atoms with van der Waals surface area (Å²) < 4.78 is 5.46. The number of thiazole rings is 1. The minimum atomic E-state index is -0.0646. The van der Waals surface area contributed by atoms with Crippen LogP contribution < -0.4 is 10.2 Å². The molecule has 0 bridgehead atoms. The van der Waals surface area contributed by atoms with Gasteiger partial charge in [0, 0.05) is 25.5 Å². The van der Waals surface area contributed by atoms with E-state index < -0.39 is 0 Å². The maximum Gasteiger partial charge on any atom is 0.318 e. The van der Waals surface area contributed by atoms with Crippen LogP contribution in [0.1, 0.15) is 37.3 Å². The van der Waals surface area contributed by atoms with Crippen LogP contribution in [0.4, 0.5) is 9.93 Å². The van der Waals surface area contributed by atoms with Gasteiger partial charge in [-0.1, -0.05) is 0 Å². The number of hydrogen-bond donors (Lipinski definition) is 1. The lowest BCUT2D eigenvalue weighted by atomic mass is 10.2. The van der Waals surface area contributed by atoms with Gasteiger partial charge in [-0.15, -0.1) is 11.3 Å². The van der Waals surface area contributed by atoms with Gasteiger partial charge in [-0.2, -0.15) is 0 Å². The first-order chi connectivity index (χ1) is 11.1. The summed E-state index contributed by atoms with van der Waals surface area (Å²) in [4.78, 5) is 21.0. The van der Waals surface area contributed by atoms with Crippen molar-refractivity contribution in [3.05, 3.63) is 35.2 Å². The van der Waals surface area contributed by atoms with Crippen molar-refractivity contribution in [2.75, 3.05) is 19.0 Å². The van der Waals surface area contributed by atoms with E-state index in [1.807, 2.05) is 48.3 Å². The van der Waals surface area contributed by atoms with Crippen LogP contribution in [0.15, 0.2) is 28.2 Å². The second-order valence-corrected chi connectivity index (χ2v) is 6.84. The standard InChI is InChI=1S/C16H22N4O2S/c1-11(14-5-4-8-22-14)20(13-6-7-13)15(21)17-9-12-10-23-16(18-12)19(2)3/h4-5,8,10-11,13H,6-7,9H2,1-3H3,(H,17,21). The smallest absolute Gasteiger partial charge is 0.318 e. The second kappa shape index (κ2) is 6.62. The summed E-state index contributed by atoms with van der Waals surface area (Å²) in [5.41, 5.74) is 0.883. The first kappa shape index (κ1) is 15.9. The minimum absolute atomic E-state index is 0.0594. The molecular weight excluding hydrogens is 312 g/mol. The topological polar surface area (TPSA) is 61.6 Å². The van der Waals surface area contributed by atoms with Crippen molar-refractivity contribution in [3.63, 3.8) is 0 Å². The van der Waals surface area contributed by atoms with E-state index in [0.717, 1.165) is 29.4 Å². The van der Waals surface area contributed by atoms with Crippen LogP contribution in [0.5, 0.6) is 0 Å². The molecular formula is C16H22N4O2S. The average molecular weight is 334 g/mol. The van der Waals surface area contributed by atoms with Gasteiger partial charge < -0.3 is 19.5 Å². The number of nitrogens with zero attached hydrogens (tertiary/aromatic N) is 3. The van der Waals surface area contributed by atoms with Gasteiger partial charge in [0.25, 0.3) is 0 Å². The van der Waals surface area contributed by atoms with E-state index in [1.165, 1.54) is 0 Å². The van der Waals surface area contributed by atoms with Crippen LogP contribution in [0, 0.1) is 0 Å². The van der Waals surface area contributed by atoms with E-state index >= 15 is 0 Å². The van der Waals surface area contributed by atoms with E-state index in [-0.39, 0.29) is 12.1 Å². The zero-order chi connectivity index (χ0) is 16.4. The number of furan rings is 1. The fourth-order valence-electron chi connectivity index (χ4n) is 2.52. The van der Waals surface area contributed by atoms with Crippen LogP contribution in [0.3, 0.4) is 0 Å². The van der Waals surface area contributed by atoms with Gasteiger partial charge in [0.15, 0.2) is 5.13 Å². The highest BCUT2D eigenvalue weighted by Gasteiger charge is 2.37. The van der Waals surface area contributed by atoms with Crippen LogP contribution in [-0.4, -0.2) is 36.1 Å². The van der Waals surface area contributed by atoms with Gasteiger partial charge in [-0.3, -0.25) is 0 Å².